The number of aromatic nitrogens is 4. The number of anilines is 3. The van der Waals surface area contributed by atoms with E-state index in [-0.39, 0.29) is 0 Å². The zero-order chi connectivity index (χ0) is 18.3. The van der Waals surface area contributed by atoms with Crippen LogP contribution in [-0.4, -0.2) is 31.3 Å². The van der Waals surface area contributed by atoms with Crippen molar-refractivity contribution in [3.8, 4) is 5.69 Å². The van der Waals surface area contributed by atoms with Crippen molar-refractivity contribution in [1.82, 2.24) is 19.6 Å². The Balaban J connectivity index is 1.68. The van der Waals surface area contributed by atoms with Crippen LogP contribution in [0.2, 0.25) is 5.02 Å². The van der Waals surface area contributed by atoms with Crippen molar-refractivity contribution in [2.75, 3.05) is 22.5 Å². The molecule has 3 aromatic rings. The van der Waals surface area contributed by atoms with Gasteiger partial charge in [-0.05, 0) is 37.6 Å². The monoisotopic (exact) mass is 371 g/mol. The summed E-state index contributed by atoms with van der Waals surface area (Å²) in [6, 6.07) is 7.44. The first kappa shape index (κ1) is 16.5. The molecule has 1 aliphatic heterocycles. The van der Waals surface area contributed by atoms with Gasteiger partial charge in [0.2, 0.25) is 0 Å². The van der Waals surface area contributed by atoms with Gasteiger partial charge < -0.3 is 5.32 Å². The van der Waals surface area contributed by atoms with E-state index in [9.17, 15) is 5.21 Å². The lowest BCUT2D eigenvalue weighted by Crippen LogP contribution is -2.28. The highest BCUT2D eigenvalue weighted by Gasteiger charge is 2.19. The van der Waals surface area contributed by atoms with Crippen molar-refractivity contribution < 1.29 is 5.21 Å². The molecule has 26 heavy (non-hydrogen) atoms. The second-order valence-electron chi connectivity index (χ2n) is 6.03. The normalized spacial score (nSPS) is 12.6. The molecule has 1 aliphatic rings. The highest BCUT2D eigenvalue weighted by atomic mass is 35.5. The number of benzene rings is 1. The van der Waals surface area contributed by atoms with Crippen molar-refractivity contribution in [3.05, 3.63) is 52.8 Å². The molecule has 2 aromatic heterocycles. The van der Waals surface area contributed by atoms with Gasteiger partial charge in [0.15, 0.2) is 11.6 Å². The number of aryl methyl sites for hydroxylation is 2. The second kappa shape index (κ2) is 6.40. The summed E-state index contributed by atoms with van der Waals surface area (Å²) in [7, 11) is 0. The van der Waals surface area contributed by atoms with Crippen LogP contribution < -0.4 is 15.9 Å². The molecule has 0 unspecified atom stereocenters. The van der Waals surface area contributed by atoms with E-state index >= 15 is 0 Å². The minimum Gasteiger partial charge on any atom is -0.365 e. The van der Waals surface area contributed by atoms with Crippen molar-refractivity contribution in [2.24, 2.45) is 0 Å². The summed E-state index contributed by atoms with van der Waals surface area (Å²) >= 11 is 6.15. The number of fused-ring (bicyclic) bond motifs is 1. The van der Waals surface area contributed by atoms with E-state index in [0.717, 1.165) is 22.1 Å². The molecule has 0 amide bonds. The molecule has 4 rings (SSSR count). The summed E-state index contributed by atoms with van der Waals surface area (Å²) in [6.45, 7) is 4.54. The predicted molar refractivity (Wildman–Crippen MR) is 102 cm³/mol. The maximum Gasteiger partial charge on any atom is 0.157 e. The Bertz CT molecular complexity index is 991. The highest BCUT2D eigenvalue weighted by Crippen LogP contribution is 2.28. The van der Waals surface area contributed by atoms with Crippen molar-refractivity contribution in [3.63, 3.8) is 0 Å². The molecule has 3 N–H and O–H groups in total. The summed E-state index contributed by atoms with van der Waals surface area (Å²) in [5.74, 6) is 1.30. The largest absolute Gasteiger partial charge is 0.365 e. The van der Waals surface area contributed by atoms with E-state index in [2.05, 4.69) is 20.9 Å². The summed E-state index contributed by atoms with van der Waals surface area (Å²) < 4.78 is 3.37. The van der Waals surface area contributed by atoms with E-state index in [1.165, 1.54) is 0 Å². The predicted octanol–water partition coefficient (Wildman–Crippen LogP) is 3.46. The van der Waals surface area contributed by atoms with Gasteiger partial charge in [-0.2, -0.15) is 15.4 Å². The van der Waals surface area contributed by atoms with Crippen LogP contribution in [0, 0.1) is 13.8 Å². The van der Waals surface area contributed by atoms with Crippen molar-refractivity contribution in [1.29, 1.82) is 0 Å². The van der Waals surface area contributed by atoms with Gasteiger partial charge in [-0.15, -0.1) is 0 Å². The molecular weight excluding hydrogens is 354 g/mol. The molecule has 0 spiro atoms. The van der Waals surface area contributed by atoms with E-state index < -0.39 is 0 Å². The number of rotatable bonds is 4. The quantitative estimate of drug-likeness (QED) is 0.609. The summed E-state index contributed by atoms with van der Waals surface area (Å²) in [5, 5.41) is 24.0. The van der Waals surface area contributed by atoms with Gasteiger partial charge in [-0.3, -0.25) is 10.6 Å². The Hall–Kier alpha value is -2.97. The average molecular weight is 372 g/mol. The molecule has 0 radical (unpaired) electrons. The SMILES string of the molecule is Cc1cc(NN(O)c2cnn3c2NCC=C3)n(-c2cc(Cl)ccc2C)n1. The smallest absolute Gasteiger partial charge is 0.157 e. The standard InChI is InChI=1S/C17H18ClN7O/c1-11-4-5-13(18)9-14(11)24-16(8-12(2)21-24)22-25(26)15-10-20-23-7-3-6-19-17(15)23/h3-5,7-10,19,22,26H,6H2,1-2H3. The first-order valence-electron chi connectivity index (χ1n) is 8.10. The van der Waals surface area contributed by atoms with E-state index in [1.807, 2.05) is 50.4 Å². The Morgan fingerprint density at radius 3 is 3.00 bits per heavy atom. The fourth-order valence-electron chi connectivity index (χ4n) is 2.84. The van der Waals surface area contributed by atoms with Crippen molar-refractivity contribution in [2.45, 2.75) is 13.8 Å². The van der Waals surface area contributed by atoms with Crippen LogP contribution in [-0.2, 0) is 0 Å². The molecule has 134 valence electrons. The van der Waals surface area contributed by atoms with Gasteiger partial charge in [0.25, 0.3) is 0 Å². The average Bonchev–Trinajstić information content (AvgIpc) is 3.20. The van der Waals surface area contributed by atoms with Gasteiger partial charge in [0, 0.05) is 23.8 Å². The number of hydrazine groups is 1. The minimum atomic E-state index is 0.502. The minimum absolute atomic E-state index is 0.502. The van der Waals surface area contributed by atoms with E-state index in [1.54, 1.807) is 15.6 Å². The van der Waals surface area contributed by atoms with Gasteiger partial charge in [-0.1, -0.05) is 17.7 Å². The third-order valence-corrected chi connectivity index (χ3v) is 4.32. The van der Waals surface area contributed by atoms with Gasteiger partial charge >= 0.3 is 0 Å². The summed E-state index contributed by atoms with van der Waals surface area (Å²) in [6.07, 6.45) is 5.36. The number of halogens is 1. The number of hydrogen-bond acceptors (Lipinski definition) is 6. The zero-order valence-corrected chi connectivity index (χ0v) is 15.1. The Kier molecular flexibility index (Phi) is 4.06. The third kappa shape index (κ3) is 2.89. The van der Waals surface area contributed by atoms with E-state index in [4.69, 9.17) is 11.6 Å². The topological polar surface area (TPSA) is 83.2 Å². The second-order valence-corrected chi connectivity index (χ2v) is 6.46. The number of nitrogens with zero attached hydrogens (tertiary/aromatic N) is 5. The molecular formula is C17H18ClN7O. The van der Waals surface area contributed by atoms with Crippen LogP contribution in [0.25, 0.3) is 11.9 Å². The van der Waals surface area contributed by atoms with Crippen LogP contribution in [0.3, 0.4) is 0 Å². The maximum absolute atomic E-state index is 10.6. The van der Waals surface area contributed by atoms with Gasteiger partial charge in [0.1, 0.15) is 5.69 Å². The molecule has 9 heteroatoms. The molecule has 0 fully saturated rings. The lowest BCUT2D eigenvalue weighted by atomic mass is 10.2. The van der Waals surface area contributed by atoms with Crippen LogP contribution in [0.15, 0.2) is 36.5 Å². The fraction of sp³-hybridized carbons (Fsp3) is 0.176. The molecule has 3 heterocycles. The molecule has 0 aliphatic carbocycles. The lowest BCUT2D eigenvalue weighted by molar-refractivity contribution is 0.277. The van der Waals surface area contributed by atoms with Gasteiger partial charge in [0.05, 0.1) is 17.6 Å². The van der Waals surface area contributed by atoms with Crippen LogP contribution in [0.4, 0.5) is 17.3 Å². The molecule has 8 nitrogen and oxygen atoms in total. The van der Waals surface area contributed by atoms with Gasteiger partial charge in [-0.25, -0.2) is 9.36 Å². The fourth-order valence-corrected chi connectivity index (χ4v) is 3.01. The highest BCUT2D eigenvalue weighted by molar-refractivity contribution is 6.30. The zero-order valence-electron chi connectivity index (χ0n) is 14.3. The van der Waals surface area contributed by atoms with Crippen molar-refractivity contribution >= 4 is 35.1 Å². The Labute approximate surface area is 155 Å². The Morgan fingerprint density at radius 1 is 1.31 bits per heavy atom. The van der Waals surface area contributed by atoms with Crippen LogP contribution in [0.1, 0.15) is 11.3 Å². The molecule has 0 saturated heterocycles. The summed E-state index contributed by atoms with van der Waals surface area (Å²) in [5.41, 5.74) is 6.11. The molecule has 0 saturated carbocycles. The Morgan fingerprint density at radius 2 is 2.15 bits per heavy atom. The lowest BCUT2D eigenvalue weighted by Gasteiger charge is -2.21. The first-order valence-corrected chi connectivity index (χ1v) is 8.47. The number of hydrogen-bond donors (Lipinski definition) is 3. The van der Waals surface area contributed by atoms with Crippen LogP contribution in [0.5, 0.6) is 0 Å². The molecule has 0 bridgehead atoms. The maximum atomic E-state index is 10.6. The molecule has 1 aromatic carbocycles. The van der Waals surface area contributed by atoms with Crippen LogP contribution >= 0.6 is 11.6 Å². The summed E-state index contributed by atoms with van der Waals surface area (Å²) in [4.78, 5) is 0. The first-order chi connectivity index (χ1) is 12.5. The number of nitrogens with one attached hydrogen (secondary N) is 2. The van der Waals surface area contributed by atoms with E-state index in [0.29, 0.717) is 28.9 Å². The third-order valence-electron chi connectivity index (χ3n) is 4.09. The molecule has 0 atom stereocenters.